The molecule has 1 aromatic heterocycles. The summed E-state index contributed by atoms with van der Waals surface area (Å²) in [6.45, 7) is 4.30. The standard InChI is InChI=1S/C13H20N4O/c1-10(8-14)13(18)16-11-4-5-12(15-9-11)17-6-2-3-7-17/h4-5,9-10H,2-3,6-8,14H2,1H3,(H,16,18). The molecule has 98 valence electrons. The summed E-state index contributed by atoms with van der Waals surface area (Å²) in [5, 5.41) is 2.81. The van der Waals surface area contributed by atoms with Gasteiger partial charge in [0.05, 0.1) is 11.9 Å². The molecule has 0 aliphatic carbocycles. The average molecular weight is 248 g/mol. The van der Waals surface area contributed by atoms with Crippen LogP contribution in [0.15, 0.2) is 18.3 Å². The lowest BCUT2D eigenvalue weighted by atomic mass is 10.1. The van der Waals surface area contributed by atoms with Crippen LogP contribution in [0.25, 0.3) is 0 Å². The van der Waals surface area contributed by atoms with Crippen LogP contribution in [0.5, 0.6) is 0 Å². The van der Waals surface area contributed by atoms with Crippen LogP contribution in [0, 0.1) is 5.92 Å². The third kappa shape index (κ3) is 2.98. The molecule has 0 saturated carbocycles. The average Bonchev–Trinajstić information content (AvgIpc) is 2.92. The molecule has 2 heterocycles. The predicted octanol–water partition coefficient (Wildman–Crippen LogP) is 1.22. The third-order valence-corrected chi connectivity index (χ3v) is 3.25. The molecule has 1 aliphatic heterocycles. The molecular formula is C13H20N4O. The fourth-order valence-electron chi connectivity index (χ4n) is 1.97. The van der Waals surface area contributed by atoms with Crippen molar-refractivity contribution in [3.63, 3.8) is 0 Å². The van der Waals surface area contributed by atoms with Crippen molar-refractivity contribution < 1.29 is 4.79 Å². The SMILES string of the molecule is CC(CN)C(=O)Nc1ccc(N2CCCC2)nc1. The van der Waals surface area contributed by atoms with Crippen LogP contribution < -0.4 is 16.0 Å². The summed E-state index contributed by atoms with van der Waals surface area (Å²) in [4.78, 5) is 18.3. The molecule has 1 atom stereocenters. The van der Waals surface area contributed by atoms with Crippen LogP contribution in [0.1, 0.15) is 19.8 Å². The van der Waals surface area contributed by atoms with E-state index in [2.05, 4.69) is 15.2 Å². The van der Waals surface area contributed by atoms with Gasteiger partial charge >= 0.3 is 0 Å². The van der Waals surface area contributed by atoms with Gasteiger partial charge < -0.3 is 16.0 Å². The van der Waals surface area contributed by atoms with Crippen molar-refractivity contribution in [2.24, 2.45) is 11.7 Å². The first-order valence-corrected chi connectivity index (χ1v) is 6.42. The van der Waals surface area contributed by atoms with E-state index in [1.54, 1.807) is 13.1 Å². The van der Waals surface area contributed by atoms with Crippen molar-refractivity contribution in [1.82, 2.24) is 4.98 Å². The Labute approximate surface area is 107 Å². The Hall–Kier alpha value is -1.62. The molecular weight excluding hydrogens is 228 g/mol. The molecule has 1 fully saturated rings. The molecule has 1 amide bonds. The second-order valence-electron chi connectivity index (χ2n) is 4.73. The lowest BCUT2D eigenvalue weighted by Crippen LogP contribution is -2.26. The van der Waals surface area contributed by atoms with Crippen LogP contribution in [-0.4, -0.2) is 30.5 Å². The van der Waals surface area contributed by atoms with E-state index in [1.165, 1.54) is 12.8 Å². The molecule has 3 N–H and O–H groups in total. The van der Waals surface area contributed by atoms with Gasteiger partial charge in [0.1, 0.15) is 5.82 Å². The van der Waals surface area contributed by atoms with Crippen LogP contribution in [-0.2, 0) is 4.79 Å². The lowest BCUT2D eigenvalue weighted by molar-refractivity contribution is -0.119. The number of pyridine rings is 1. The maximum atomic E-state index is 11.7. The lowest BCUT2D eigenvalue weighted by Gasteiger charge is -2.16. The maximum Gasteiger partial charge on any atom is 0.228 e. The molecule has 0 radical (unpaired) electrons. The van der Waals surface area contributed by atoms with Crippen molar-refractivity contribution >= 4 is 17.4 Å². The van der Waals surface area contributed by atoms with Crippen LogP contribution in [0.3, 0.4) is 0 Å². The highest BCUT2D eigenvalue weighted by Crippen LogP contribution is 2.19. The van der Waals surface area contributed by atoms with Gasteiger partial charge in [-0.15, -0.1) is 0 Å². The Morgan fingerprint density at radius 3 is 2.78 bits per heavy atom. The highest BCUT2D eigenvalue weighted by Gasteiger charge is 2.14. The molecule has 0 aromatic carbocycles. The van der Waals surface area contributed by atoms with Crippen molar-refractivity contribution in [1.29, 1.82) is 0 Å². The first kappa shape index (κ1) is 12.8. The summed E-state index contributed by atoms with van der Waals surface area (Å²) in [6, 6.07) is 3.84. The molecule has 1 saturated heterocycles. The van der Waals surface area contributed by atoms with Crippen molar-refractivity contribution in [2.45, 2.75) is 19.8 Å². The first-order chi connectivity index (χ1) is 8.70. The summed E-state index contributed by atoms with van der Waals surface area (Å²) in [5.74, 6) is 0.744. The Kier molecular flexibility index (Phi) is 4.15. The third-order valence-electron chi connectivity index (χ3n) is 3.25. The quantitative estimate of drug-likeness (QED) is 0.840. The number of amides is 1. The van der Waals surface area contributed by atoms with Gasteiger partial charge in [0.15, 0.2) is 0 Å². The Bertz CT molecular complexity index is 398. The molecule has 0 spiro atoms. The summed E-state index contributed by atoms with van der Waals surface area (Å²) in [7, 11) is 0. The first-order valence-electron chi connectivity index (χ1n) is 6.42. The zero-order chi connectivity index (χ0) is 13.0. The fraction of sp³-hybridized carbons (Fsp3) is 0.538. The van der Waals surface area contributed by atoms with Gasteiger partial charge in [-0.05, 0) is 25.0 Å². The van der Waals surface area contributed by atoms with E-state index in [-0.39, 0.29) is 11.8 Å². The Balaban J connectivity index is 1.97. The number of hydrogen-bond donors (Lipinski definition) is 2. The van der Waals surface area contributed by atoms with Gasteiger partial charge in [-0.2, -0.15) is 0 Å². The predicted molar refractivity (Wildman–Crippen MR) is 72.5 cm³/mol. The minimum absolute atomic E-state index is 0.0618. The maximum absolute atomic E-state index is 11.7. The van der Waals surface area contributed by atoms with E-state index in [0.29, 0.717) is 6.54 Å². The van der Waals surface area contributed by atoms with Gasteiger partial charge in [0.25, 0.3) is 0 Å². The van der Waals surface area contributed by atoms with Gasteiger partial charge in [0, 0.05) is 25.6 Å². The normalized spacial score (nSPS) is 16.7. The number of nitrogens with zero attached hydrogens (tertiary/aromatic N) is 2. The van der Waals surface area contributed by atoms with Crippen molar-refractivity contribution in [3.8, 4) is 0 Å². The summed E-state index contributed by atoms with van der Waals surface area (Å²) >= 11 is 0. The van der Waals surface area contributed by atoms with Crippen LogP contribution in [0.2, 0.25) is 0 Å². The van der Waals surface area contributed by atoms with E-state index < -0.39 is 0 Å². The van der Waals surface area contributed by atoms with Crippen LogP contribution >= 0.6 is 0 Å². The second kappa shape index (κ2) is 5.82. The number of aromatic nitrogens is 1. The summed E-state index contributed by atoms with van der Waals surface area (Å²) < 4.78 is 0. The second-order valence-corrected chi connectivity index (χ2v) is 4.73. The highest BCUT2D eigenvalue weighted by atomic mass is 16.1. The number of carbonyl (C=O) groups is 1. The summed E-state index contributed by atoms with van der Waals surface area (Å²) in [5.41, 5.74) is 6.18. The van der Waals surface area contributed by atoms with E-state index in [1.807, 2.05) is 12.1 Å². The van der Waals surface area contributed by atoms with Gasteiger partial charge in [0.2, 0.25) is 5.91 Å². The van der Waals surface area contributed by atoms with Crippen LogP contribution in [0.4, 0.5) is 11.5 Å². The molecule has 0 bridgehead atoms. The zero-order valence-corrected chi connectivity index (χ0v) is 10.7. The monoisotopic (exact) mass is 248 g/mol. The van der Waals surface area contributed by atoms with E-state index >= 15 is 0 Å². The van der Waals surface area contributed by atoms with Crippen molar-refractivity contribution in [3.05, 3.63) is 18.3 Å². The minimum Gasteiger partial charge on any atom is -0.357 e. The number of anilines is 2. The molecule has 18 heavy (non-hydrogen) atoms. The summed E-state index contributed by atoms with van der Waals surface area (Å²) in [6.07, 6.45) is 4.16. The number of nitrogens with one attached hydrogen (secondary N) is 1. The topological polar surface area (TPSA) is 71.2 Å². The van der Waals surface area contributed by atoms with E-state index in [9.17, 15) is 4.79 Å². The largest absolute Gasteiger partial charge is 0.357 e. The van der Waals surface area contributed by atoms with E-state index in [0.717, 1.165) is 24.6 Å². The number of nitrogens with two attached hydrogens (primary N) is 1. The van der Waals surface area contributed by atoms with Gasteiger partial charge in [-0.3, -0.25) is 4.79 Å². The Morgan fingerprint density at radius 2 is 2.22 bits per heavy atom. The number of hydrogen-bond acceptors (Lipinski definition) is 4. The van der Waals surface area contributed by atoms with Gasteiger partial charge in [-0.25, -0.2) is 4.98 Å². The fourth-order valence-corrected chi connectivity index (χ4v) is 1.97. The van der Waals surface area contributed by atoms with E-state index in [4.69, 9.17) is 5.73 Å². The zero-order valence-electron chi connectivity index (χ0n) is 10.7. The number of rotatable bonds is 4. The highest BCUT2D eigenvalue weighted by molar-refractivity contribution is 5.92. The number of carbonyl (C=O) groups excluding carboxylic acids is 1. The molecule has 1 unspecified atom stereocenters. The smallest absolute Gasteiger partial charge is 0.228 e. The molecule has 1 aliphatic rings. The minimum atomic E-state index is -0.178. The molecule has 2 rings (SSSR count). The molecule has 1 aromatic rings. The Morgan fingerprint density at radius 1 is 1.50 bits per heavy atom. The molecule has 5 heteroatoms. The van der Waals surface area contributed by atoms with Gasteiger partial charge in [-0.1, -0.05) is 6.92 Å². The molecule has 5 nitrogen and oxygen atoms in total. The van der Waals surface area contributed by atoms with Crippen molar-refractivity contribution in [2.75, 3.05) is 29.9 Å².